The zero-order valence-electron chi connectivity index (χ0n) is 5.90. The van der Waals surface area contributed by atoms with E-state index in [0.717, 1.165) is 5.92 Å². The van der Waals surface area contributed by atoms with Gasteiger partial charge in [0.05, 0.1) is 0 Å². The number of hydrogen-bond donors (Lipinski definition) is 1. The van der Waals surface area contributed by atoms with E-state index in [1.807, 2.05) is 6.08 Å². The van der Waals surface area contributed by atoms with Gasteiger partial charge in [-0.15, -0.1) is 6.58 Å². The molecule has 1 heterocycles. The van der Waals surface area contributed by atoms with Crippen molar-refractivity contribution in [1.82, 2.24) is 5.32 Å². The molecule has 0 saturated carbocycles. The number of nitrogens with one attached hydrogen (secondary N) is 1. The smallest absolute Gasteiger partial charge is 0.00175 e. The van der Waals surface area contributed by atoms with Crippen molar-refractivity contribution in [2.75, 3.05) is 13.1 Å². The molecule has 1 aliphatic rings. The third-order valence-corrected chi connectivity index (χ3v) is 1.90. The van der Waals surface area contributed by atoms with Crippen molar-refractivity contribution >= 4 is 0 Å². The molecule has 0 aliphatic carbocycles. The van der Waals surface area contributed by atoms with Gasteiger partial charge in [0.1, 0.15) is 0 Å². The number of hydrogen-bond acceptors (Lipinski definition) is 1. The van der Waals surface area contributed by atoms with Crippen molar-refractivity contribution in [3.05, 3.63) is 12.7 Å². The van der Waals surface area contributed by atoms with E-state index in [4.69, 9.17) is 0 Å². The molecule has 0 unspecified atom stereocenters. The quantitative estimate of drug-likeness (QED) is 0.552. The Morgan fingerprint density at radius 3 is 3.11 bits per heavy atom. The normalized spacial score (nSPS) is 27.8. The fraction of sp³-hybridized carbons (Fsp3) is 0.750. The largest absolute Gasteiger partial charge is 0.316 e. The van der Waals surface area contributed by atoms with Crippen LogP contribution in [0.1, 0.15) is 19.3 Å². The Balaban J connectivity index is 2.15. The molecule has 9 heavy (non-hydrogen) atoms. The fourth-order valence-corrected chi connectivity index (χ4v) is 1.36. The lowest BCUT2D eigenvalue weighted by Crippen LogP contribution is -2.29. The van der Waals surface area contributed by atoms with Gasteiger partial charge in [0.25, 0.3) is 0 Å². The van der Waals surface area contributed by atoms with Gasteiger partial charge in [-0.05, 0) is 38.3 Å². The van der Waals surface area contributed by atoms with Crippen LogP contribution in [-0.4, -0.2) is 13.1 Å². The maximum absolute atomic E-state index is 3.73. The van der Waals surface area contributed by atoms with Crippen molar-refractivity contribution in [2.24, 2.45) is 5.92 Å². The summed E-state index contributed by atoms with van der Waals surface area (Å²) in [4.78, 5) is 0. The average Bonchev–Trinajstić information content (AvgIpc) is 1.91. The maximum atomic E-state index is 3.73. The summed E-state index contributed by atoms with van der Waals surface area (Å²) in [7, 11) is 0. The van der Waals surface area contributed by atoms with Crippen LogP contribution < -0.4 is 5.32 Å². The molecule has 1 heteroatoms. The van der Waals surface area contributed by atoms with E-state index in [9.17, 15) is 0 Å². The van der Waals surface area contributed by atoms with Gasteiger partial charge in [0.15, 0.2) is 0 Å². The minimum absolute atomic E-state index is 0.872. The molecule has 0 bridgehead atoms. The highest BCUT2D eigenvalue weighted by atomic mass is 14.9. The highest BCUT2D eigenvalue weighted by molar-refractivity contribution is 4.77. The zero-order chi connectivity index (χ0) is 6.53. The fourth-order valence-electron chi connectivity index (χ4n) is 1.36. The van der Waals surface area contributed by atoms with Crippen LogP contribution in [0, 0.1) is 5.92 Å². The Kier molecular flexibility index (Phi) is 2.78. The van der Waals surface area contributed by atoms with Gasteiger partial charge in [-0.2, -0.15) is 0 Å². The van der Waals surface area contributed by atoms with Crippen LogP contribution in [0.25, 0.3) is 0 Å². The molecule has 0 aromatic carbocycles. The highest BCUT2D eigenvalue weighted by Crippen LogP contribution is 2.13. The molecule has 1 N–H and O–H groups in total. The minimum Gasteiger partial charge on any atom is -0.316 e. The van der Waals surface area contributed by atoms with E-state index in [-0.39, 0.29) is 0 Å². The molecule has 1 nitrogen and oxygen atoms in total. The van der Waals surface area contributed by atoms with Crippen molar-refractivity contribution in [3.63, 3.8) is 0 Å². The Labute approximate surface area is 57.1 Å². The summed E-state index contributed by atoms with van der Waals surface area (Å²) >= 11 is 0. The van der Waals surface area contributed by atoms with Gasteiger partial charge in [0, 0.05) is 0 Å². The van der Waals surface area contributed by atoms with Gasteiger partial charge in [-0.3, -0.25) is 0 Å². The van der Waals surface area contributed by atoms with Crippen molar-refractivity contribution in [2.45, 2.75) is 19.3 Å². The molecule has 1 rings (SSSR count). The first-order chi connectivity index (χ1) is 4.43. The van der Waals surface area contributed by atoms with E-state index in [1.165, 1.54) is 32.4 Å². The monoisotopic (exact) mass is 125 g/mol. The van der Waals surface area contributed by atoms with Crippen LogP contribution in [0.2, 0.25) is 0 Å². The van der Waals surface area contributed by atoms with Crippen molar-refractivity contribution < 1.29 is 0 Å². The molecule has 0 spiro atoms. The van der Waals surface area contributed by atoms with Gasteiger partial charge in [-0.1, -0.05) is 6.08 Å². The second-order valence-electron chi connectivity index (χ2n) is 2.74. The van der Waals surface area contributed by atoms with Crippen LogP contribution in [0.4, 0.5) is 0 Å². The Morgan fingerprint density at radius 2 is 2.56 bits per heavy atom. The molecule has 1 saturated heterocycles. The van der Waals surface area contributed by atoms with Crippen LogP contribution >= 0.6 is 0 Å². The van der Waals surface area contributed by atoms with Gasteiger partial charge in [-0.25, -0.2) is 0 Å². The molecule has 52 valence electrons. The molecule has 0 aromatic rings. The first-order valence-electron chi connectivity index (χ1n) is 3.75. The molecule has 0 aromatic heterocycles. The van der Waals surface area contributed by atoms with Gasteiger partial charge in [0.2, 0.25) is 0 Å². The SMILES string of the molecule is C=CC[C@@H]1CCCNC1. The van der Waals surface area contributed by atoms with Gasteiger partial charge >= 0.3 is 0 Å². The van der Waals surface area contributed by atoms with E-state index >= 15 is 0 Å². The lowest BCUT2D eigenvalue weighted by atomic mass is 9.96. The predicted molar refractivity (Wildman–Crippen MR) is 40.4 cm³/mol. The first-order valence-corrected chi connectivity index (χ1v) is 3.75. The Morgan fingerprint density at radius 1 is 1.67 bits per heavy atom. The summed E-state index contributed by atoms with van der Waals surface area (Å²) in [6.45, 7) is 6.14. The van der Waals surface area contributed by atoms with Gasteiger partial charge < -0.3 is 5.32 Å². The summed E-state index contributed by atoms with van der Waals surface area (Å²) in [5, 5.41) is 3.37. The van der Waals surface area contributed by atoms with Crippen LogP contribution in [-0.2, 0) is 0 Å². The van der Waals surface area contributed by atoms with E-state index < -0.39 is 0 Å². The summed E-state index contributed by atoms with van der Waals surface area (Å²) in [6.07, 6.45) is 5.95. The second-order valence-corrected chi connectivity index (χ2v) is 2.74. The van der Waals surface area contributed by atoms with E-state index in [0.29, 0.717) is 0 Å². The molecular weight excluding hydrogens is 110 g/mol. The summed E-state index contributed by atoms with van der Waals surface area (Å²) in [6, 6.07) is 0. The topological polar surface area (TPSA) is 12.0 Å². The van der Waals surface area contributed by atoms with Crippen LogP contribution in [0.15, 0.2) is 12.7 Å². The summed E-state index contributed by atoms with van der Waals surface area (Å²) < 4.78 is 0. The maximum Gasteiger partial charge on any atom is -0.00175 e. The van der Waals surface area contributed by atoms with E-state index in [1.54, 1.807) is 0 Å². The molecular formula is C8H15N. The predicted octanol–water partition coefficient (Wildman–Crippen LogP) is 1.56. The number of rotatable bonds is 2. The standard InChI is InChI=1S/C8H15N/c1-2-4-8-5-3-6-9-7-8/h2,8-9H,1,3-7H2/t8-/m1/s1. The summed E-state index contributed by atoms with van der Waals surface area (Å²) in [5.41, 5.74) is 0. The Bertz CT molecular complexity index is 82.6. The highest BCUT2D eigenvalue weighted by Gasteiger charge is 2.09. The molecule has 1 aliphatic heterocycles. The Hall–Kier alpha value is -0.300. The molecule has 0 amide bonds. The average molecular weight is 125 g/mol. The minimum atomic E-state index is 0.872. The van der Waals surface area contributed by atoms with Crippen LogP contribution in [0.5, 0.6) is 0 Å². The summed E-state index contributed by atoms with van der Waals surface area (Å²) in [5.74, 6) is 0.872. The lowest BCUT2D eigenvalue weighted by molar-refractivity contribution is 0.381. The van der Waals surface area contributed by atoms with E-state index in [2.05, 4.69) is 11.9 Å². The van der Waals surface area contributed by atoms with Crippen molar-refractivity contribution in [1.29, 1.82) is 0 Å². The third-order valence-electron chi connectivity index (χ3n) is 1.90. The molecule has 0 radical (unpaired) electrons. The first kappa shape index (κ1) is 6.81. The lowest BCUT2D eigenvalue weighted by Gasteiger charge is -2.20. The van der Waals surface area contributed by atoms with Crippen molar-refractivity contribution in [3.8, 4) is 0 Å². The number of allylic oxidation sites excluding steroid dienone is 1. The van der Waals surface area contributed by atoms with Crippen LogP contribution in [0.3, 0.4) is 0 Å². The third kappa shape index (κ3) is 2.19. The zero-order valence-corrected chi connectivity index (χ0v) is 5.90. The number of piperidine rings is 1. The molecule has 1 atom stereocenters. The second kappa shape index (κ2) is 3.67. The molecule has 1 fully saturated rings.